The zero-order valence-electron chi connectivity index (χ0n) is 20.8. The molecule has 1 aromatic heterocycles. The average molecular weight is 493 g/mol. The predicted molar refractivity (Wildman–Crippen MR) is 136 cm³/mol. The normalized spacial score (nSPS) is 29.2. The molecule has 2 aromatic rings. The quantitative estimate of drug-likeness (QED) is 0.339. The van der Waals surface area contributed by atoms with Crippen molar-refractivity contribution >= 4 is 11.8 Å². The van der Waals surface area contributed by atoms with Gasteiger partial charge in [0, 0.05) is 31.2 Å². The summed E-state index contributed by atoms with van der Waals surface area (Å²) in [5, 5.41) is 45.6. The highest BCUT2D eigenvalue weighted by atomic mass is 16.3. The number of phenolic OH excluding ortho intramolecular Hbond substituents is 1. The van der Waals surface area contributed by atoms with E-state index in [4.69, 9.17) is 0 Å². The SMILES string of the molecule is CN(C[C@H](O)CO)[C@@H]1[C@@H]2CC3C[C@H]1CC(CNc1nc(NCc4ccccc4O)ncc1C#N)(C3)C2. The molecule has 1 heterocycles. The molecule has 4 aliphatic carbocycles. The molecule has 4 saturated carbocycles. The lowest BCUT2D eigenvalue weighted by molar-refractivity contribution is -0.108. The smallest absolute Gasteiger partial charge is 0.224 e. The fourth-order valence-corrected chi connectivity index (χ4v) is 7.40. The first-order valence-corrected chi connectivity index (χ1v) is 12.9. The Hall–Kier alpha value is -2.93. The summed E-state index contributed by atoms with van der Waals surface area (Å²) in [6, 6.07) is 9.79. The summed E-state index contributed by atoms with van der Waals surface area (Å²) in [6.45, 7) is 1.46. The number of aromatic nitrogens is 2. The number of para-hydroxylation sites is 1. The van der Waals surface area contributed by atoms with Gasteiger partial charge in [-0.05, 0) is 68.4 Å². The largest absolute Gasteiger partial charge is 0.508 e. The van der Waals surface area contributed by atoms with Crippen molar-refractivity contribution in [3.8, 4) is 11.8 Å². The summed E-state index contributed by atoms with van der Waals surface area (Å²) in [4.78, 5) is 11.1. The van der Waals surface area contributed by atoms with Crippen molar-refractivity contribution in [1.29, 1.82) is 5.26 Å². The van der Waals surface area contributed by atoms with Crippen LogP contribution in [0.25, 0.3) is 0 Å². The number of phenols is 1. The first kappa shape index (κ1) is 24.8. The van der Waals surface area contributed by atoms with Crippen molar-refractivity contribution in [2.45, 2.75) is 50.8 Å². The molecular formula is C27H36N6O3. The number of aromatic hydroxyl groups is 1. The molecule has 5 N–H and O–H groups in total. The summed E-state index contributed by atoms with van der Waals surface area (Å²) < 4.78 is 0. The Balaban J connectivity index is 1.26. The number of hydrogen-bond acceptors (Lipinski definition) is 9. The van der Waals surface area contributed by atoms with Crippen LogP contribution in [0.3, 0.4) is 0 Å². The van der Waals surface area contributed by atoms with Gasteiger partial charge in [-0.2, -0.15) is 10.2 Å². The lowest BCUT2D eigenvalue weighted by atomic mass is 9.47. The highest BCUT2D eigenvalue weighted by molar-refractivity contribution is 5.53. The average Bonchev–Trinajstić information content (AvgIpc) is 2.86. The Bertz CT molecular complexity index is 1100. The van der Waals surface area contributed by atoms with Crippen LogP contribution in [0.15, 0.2) is 30.5 Å². The van der Waals surface area contributed by atoms with Crippen LogP contribution in [0.5, 0.6) is 5.75 Å². The molecule has 4 aliphatic rings. The number of anilines is 2. The van der Waals surface area contributed by atoms with Crippen molar-refractivity contribution in [2.24, 2.45) is 23.2 Å². The van der Waals surface area contributed by atoms with E-state index >= 15 is 0 Å². The topological polar surface area (TPSA) is 138 Å². The number of aliphatic hydroxyl groups is 2. The fourth-order valence-electron chi connectivity index (χ4n) is 7.40. The molecule has 0 amide bonds. The highest BCUT2D eigenvalue weighted by Crippen LogP contribution is 2.61. The number of hydrogen-bond donors (Lipinski definition) is 5. The highest BCUT2D eigenvalue weighted by Gasteiger charge is 2.56. The maximum absolute atomic E-state index is 10.0. The molecule has 192 valence electrons. The van der Waals surface area contributed by atoms with E-state index in [9.17, 15) is 20.6 Å². The van der Waals surface area contributed by atoms with Gasteiger partial charge < -0.3 is 30.9 Å². The van der Waals surface area contributed by atoms with Crippen molar-refractivity contribution in [3.63, 3.8) is 0 Å². The van der Waals surface area contributed by atoms with Crippen LogP contribution < -0.4 is 10.6 Å². The van der Waals surface area contributed by atoms with Gasteiger partial charge in [-0.1, -0.05) is 18.2 Å². The third-order valence-electron chi connectivity index (χ3n) is 8.54. The number of likely N-dealkylation sites (N-methyl/N-ethyl adjacent to an activating group) is 1. The van der Waals surface area contributed by atoms with Gasteiger partial charge in [0.05, 0.1) is 18.9 Å². The standard InChI is InChI=1S/C27H36N6O3/c1-33(14-22(35)15-34)24-19-6-17-7-20(24)10-27(8-17,9-19)16-31-25-21(11-28)13-30-26(32-25)29-12-18-4-2-3-5-23(18)36/h2-5,13,17,19-20,22,24,34-36H,6-10,12,14-16H2,1H3,(H2,29,30,31,32)/t17?,19-,20+,22-,24-,27?/m0/s1. The monoisotopic (exact) mass is 492 g/mol. The molecule has 0 saturated heterocycles. The first-order valence-electron chi connectivity index (χ1n) is 12.9. The number of benzene rings is 1. The number of aliphatic hydroxyl groups excluding tert-OH is 2. The molecule has 4 bridgehead atoms. The second-order valence-corrected chi connectivity index (χ2v) is 11.1. The molecule has 9 heteroatoms. The van der Waals surface area contributed by atoms with Gasteiger partial charge >= 0.3 is 0 Å². The Morgan fingerprint density at radius 2 is 1.94 bits per heavy atom. The van der Waals surface area contributed by atoms with E-state index < -0.39 is 6.10 Å². The fraction of sp³-hybridized carbons (Fsp3) is 0.593. The molecule has 1 aromatic carbocycles. The van der Waals surface area contributed by atoms with Crippen molar-refractivity contribution in [2.75, 3.05) is 37.4 Å². The molecule has 0 aliphatic heterocycles. The lowest BCUT2D eigenvalue weighted by Gasteiger charge is -2.62. The molecule has 9 nitrogen and oxygen atoms in total. The molecule has 0 radical (unpaired) electrons. The molecule has 6 rings (SSSR count). The van der Waals surface area contributed by atoms with Crippen LogP contribution in [0.2, 0.25) is 0 Å². The van der Waals surface area contributed by atoms with Crippen LogP contribution >= 0.6 is 0 Å². The number of nitriles is 1. The molecular weight excluding hydrogens is 456 g/mol. The minimum atomic E-state index is -0.696. The molecule has 6 atom stereocenters. The zero-order chi connectivity index (χ0) is 25.3. The molecule has 2 unspecified atom stereocenters. The van der Waals surface area contributed by atoms with Crippen LogP contribution in [0.4, 0.5) is 11.8 Å². The molecule has 36 heavy (non-hydrogen) atoms. The van der Waals surface area contributed by atoms with E-state index in [0.29, 0.717) is 48.3 Å². The zero-order valence-corrected chi connectivity index (χ0v) is 20.8. The van der Waals surface area contributed by atoms with Crippen LogP contribution in [-0.4, -0.2) is 69.1 Å². The summed E-state index contributed by atoms with van der Waals surface area (Å²) in [5.41, 5.74) is 1.35. The Morgan fingerprint density at radius 3 is 2.64 bits per heavy atom. The molecule has 0 spiro atoms. The van der Waals surface area contributed by atoms with Crippen molar-refractivity contribution < 1.29 is 15.3 Å². The van der Waals surface area contributed by atoms with E-state index in [0.717, 1.165) is 30.9 Å². The van der Waals surface area contributed by atoms with E-state index in [1.54, 1.807) is 18.3 Å². The number of nitrogens with zero attached hydrogens (tertiary/aromatic N) is 4. The number of nitrogens with one attached hydrogen (secondary N) is 2. The Kier molecular flexibility index (Phi) is 7.02. The van der Waals surface area contributed by atoms with Gasteiger partial charge in [0.15, 0.2) is 0 Å². The predicted octanol–water partition coefficient (Wildman–Crippen LogP) is 2.56. The Morgan fingerprint density at radius 1 is 1.19 bits per heavy atom. The van der Waals surface area contributed by atoms with E-state index in [-0.39, 0.29) is 17.8 Å². The van der Waals surface area contributed by atoms with Gasteiger partial charge in [0.2, 0.25) is 5.95 Å². The minimum absolute atomic E-state index is 0.185. The van der Waals surface area contributed by atoms with Crippen LogP contribution in [0, 0.1) is 34.5 Å². The second-order valence-electron chi connectivity index (χ2n) is 11.1. The second kappa shape index (κ2) is 10.2. The summed E-state index contributed by atoms with van der Waals surface area (Å²) >= 11 is 0. The molecule has 4 fully saturated rings. The Labute approximate surface area is 212 Å². The summed E-state index contributed by atoms with van der Waals surface area (Å²) in [6.07, 6.45) is 6.78. The minimum Gasteiger partial charge on any atom is -0.508 e. The van der Waals surface area contributed by atoms with Crippen LogP contribution in [-0.2, 0) is 6.54 Å². The van der Waals surface area contributed by atoms with Gasteiger partial charge in [0.25, 0.3) is 0 Å². The lowest BCUT2D eigenvalue weighted by Crippen LogP contribution is -2.60. The maximum Gasteiger partial charge on any atom is 0.224 e. The van der Waals surface area contributed by atoms with E-state index in [1.807, 2.05) is 12.1 Å². The van der Waals surface area contributed by atoms with E-state index in [2.05, 4.69) is 38.6 Å². The van der Waals surface area contributed by atoms with E-state index in [1.165, 1.54) is 19.3 Å². The third kappa shape index (κ3) is 4.99. The summed E-state index contributed by atoms with van der Waals surface area (Å²) in [7, 11) is 2.08. The number of rotatable bonds is 10. The van der Waals surface area contributed by atoms with Crippen molar-refractivity contribution in [1.82, 2.24) is 14.9 Å². The van der Waals surface area contributed by atoms with Gasteiger partial charge in [-0.15, -0.1) is 0 Å². The third-order valence-corrected chi connectivity index (χ3v) is 8.54. The summed E-state index contributed by atoms with van der Waals surface area (Å²) in [5.74, 6) is 3.08. The van der Waals surface area contributed by atoms with Crippen LogP contribution in [0.1, 0.15) is 43.2 Å². The van der Waals surface area contributed by atoms with Gasteiger partial charge in [0.1, 0.15) is 23.2 Å². The van der Waals surface area contributed by atoms with Gasteiger partial charge in [-0.25, -0.2) is 4.98 Å². The van der Waals surface area contributed by atoms with Gasteiger partial charge in [-0.3, -0.25) is 0 Å². The maximum atomic E-state index is 10.0. The van der Waals surface area contributed by atoms with Crippen molar-refractivity contribution in [3.05, 3.63) is 41.6 Å². The first-order chi connectivity index (χ1) is 17.4.